The molecule has 1 aliphatic rings. The molecule has 4 rings (SSSR count). The average molecular weight is 420 g/mol. The highest BCUT2D eigenvalue weighted by molar-refractivity contribution is 7.08. The molecule has 2 aromatic heterocycles. The molecular weight excluding hydrogens is 405 g/mol. The summed E-state index contributed by atoms with van der Waals surface area (Å²) in [6, 6.07) is 10.6. The normalized spacial score (nSPS) is 18.4. The minimum absolute atomic E-state index is 0.305. The number of halogens is 3. The van der Waals surface area contributed by atoms with Gasteiger partial charge in [-0.05, 0) is 41.3 Å². The van der Waals surface area contributed by atoms with Crippen LogP contribution in [0.25, 0.3) is 0 Å². The van der Waals surface area contributed by atoms with Crippen LogP contribution in [0.15, 0.2) is 59.4 Å². The van der Waals surface area contributed by atoms with Gasteiger partial charge in [0.1, 0.15) is 22.7 Å². The van der Waals surface area contributed by atoms with Crippen molar-refractivity contribution < 1.29 is 27.4 Å². The van der Waals surface area contributed by atoms with Gasteiger partial charge < -0.3 is 14.8 Å². The molecule has 3 heterocycles. The summed E-state index contributed by atoms with van der Waals surface area (Å²) in [4.78, 5) is 17.3. The summed E-state index contributed by atoms with van der Waals surface area (Å²) in [5, 5.41) is 6.55. The summed E-state index contributed by atoms with van der Waals surface area (Å²) >= 11 is 1.39. The molecule has 0 saturated carbocycles. The second-order valence-electron chi connectivity index (χ2n) is 6.39. The molecule has 1 aliphatic heterocycles. The summed E-state index contributed by atoms with van der Waals surface area (Å²) in [5.74, 6) is -0.130. The summed E-state index contributed by atoms with van der Waals surface area (Å²) in [5.41, 5.74) is 0.526. The number of fused-ring (bicyclic) bond motifs is 1. The van der Waals surface area contributed by atoms with Gasteiger partial charge in [0.05, 0.1) is 12.2 Å². The van der Waals surface area contributed by atoms with Crippen molar-refractivity contribution in [3.8, 4) is 11.5 Å². The number of carbonyl (C=O) groups excluding carboxylic acids is 1. The Bertz CT molecular complexity index is 1010. The zero-order valence-corrected chi connectivity index (χ0v) is 15.7. The van der Waals surface area contributed by atoms with Crippen molar-refractivity contribution in [3.63, 3.8) is 0 Å². The maximum absolute atomic E-state index is 12.9. The monoisotopic (exact) mass is 420 g/mol. The zero-order chi connectivity index (χ0) is 20.5. The maximum atomic E-state index is 12.9. The predicted molar refractivity (Wildman–Crippen MR) is 100 cm³/mol. The Kier molecular flexibility index (Phi) is 4.91. The standard InChI is InChI=1S/C20H15F3N2O3S/c21-20(22,23)28-15-5-3-14(4-6-15)19(25-18(26)13-7-11-29-12-13)8-10-27-16-2-1-9-24-17(16)19/h1-7,9,11-12H,8,10H2,(H,25,26)/t19-/m0/s1. The van der Waals surface area contributed by atoms with E-state index in [0.29, 0.717) is 35.6 Å². The van der Waals surface area contributed by atoms with Crippen molar-refractivity contribution in [2.24, 2.45) is 0 Å². The number of nitrogens with zero attached hydrogens (tertiary/aromatic N) is 1. The molecule has 3 aromatic rings. The van der Waals surface area contributed by atoms with Crippen molar-refractivity contribution in [1.82, 2.24) is 10.3 Å². The van der Waals surface area contributed by atoms with Crippen molar-refractivity contribution in [1.29, 1.82) is 0 Å². The highest BCUT2D eigenvalue weighted by atomic mass is 32.1. The van der Waals surface area contributed by atoms with Crippen LogP contribution in [0.4, 0.5) is 13.2 Å². The number of nitrogens with one attached hydrogen (secondary N) is 1. The second kappa shape index (κ2) is 7.40. The highest BCUT2D eigenvalue weighted by Crippen LogP contribution is 2.41. The van der Waals surface area contributed by atoms with Crippen LogP contribution in [0.1, 0.15) is 28.0 Å². The number of amides is 1. The lowest BCUT2D eigenvalue weighted by Crippen LogP contribution is -2.50. The van der Waals surface area contributed by atoms with E-state index in [1.54, 1.807) is 35.2 Å². The van der Waals surface area contributed by atoms with Crippen LogP contribution in [0.2, 0.25) is 0 Å². The van der Waals surface area contributed by atoms with Gasteiger partial charge in [0.2, 0.25) is 0 Å². The Labute approximate surface area is 168 Å². The van der Waals surface area contributed by atoms with Crippen LogP contribution in [-0.4, -0.2) is 23.9 Å². The fourth-order valence-corrected chi connectivity index (χ4v) is 3.97. The lowest BCUT2D eigenvalue weighted by atomic mass is 9.81. The summed E-state index contributed by atoms with van der Waals surface area (Å²) < 4.78 is 47.1. The Morgan fingerprint density at radius 3 is 2.69 bits per heavy atom. The Morgan fingerprint density at radius 2 is 2.00 bits per heavy atom. The largest absolute Gasteiger partial charge is 0.573 e. The van der Waals surface area contributed by atoms with E-state index in [9.17, 15) is 18.0 Å². The van der Waals surface area contributed by atoms with Crippen LogP contribution >= 0.6 is 11.3 Å². The molecule has 0 spiro atoms. The van der Waals surface area contributed by atoms with E-state index in [1.807, 2.05) is 0 Å². The van der Waals surface area contributed by atoms with Crippen molar-refractivity contribution in [2.75, 3.05) is 6.61 Å². The number of aromatic nitrogens is 1. The SMILES string of the molecule is O=C(N[C@]1(c2ccc(OC(F)(F)F)cc2)CCOc2cccnc21)c1ccsc1. The number of thiophene rings is 1. The van der Waals surface area contributed by atoms with E-state index < -0.39 is 11.9 Å². The van der Waals surface area contributed by atoms with Crippen LogP contribution in [0, 0.1) is 0 Å². The van der Waals surface area contributed by atoms with Crippen molar-refractivity contribution >= 4 is 17.2 Å². The second-order valence-corrected chi connectivity index (χ2v) is 7.17. The number of ether oxygens (including phenoxy) is 2. The smallest absolute Gasteiger partial charge is 0.491 e. The summed E-state index contributed by atoms with van der Waals surface area (Å²) in [6.45, 7) is 0.309. The number of benzene rings is 1. The van der Waals surface area contributed by atoms with E-state index >= 15 is 0 Å². The first-order valence-corrected chi connectivity index (χ1v) is 9.61. The van der Waals surface area contributed by atoms with Gasteiger partial charge in [0, 0.05) is 18.0 Å². The third kappa shape index (κ3) is 3.91. The Morgan fingerprint density at radius 1 is 1.21 bits per heavy atom. The fraction of sp³-hybridized carbons (Fsp3) is 0.200. The molecule has 1 aromatic carbocycles. The first kappa shape index (κ1) is 19.3. The van der Waals surface area contributed by atoms with Crippen LogP contribution in [-0.2, 0) is 5.54 Å². The first-order chi connectivity index (χ1) is 13.9. The molecule has 1 N–H and O–H groups in total. The molecule has 5 nitrogen and oxygen atoms in total. The average Bonchev–Trinajstić information content (AvgIpc) is 3.22. The lowest BCUT2D eigenvalue weighted by Gasteiger charge is -2.39. The lowest BCUT2D eigenvalue weighted by molar-refractivity contribution is -0.274. The molecular formula is C20H15F3N2O3S. The summed E-state index contributed by atoms with van der Waals surface area (Å²) in [7, 11) is 0. The number of rotatable bonds is 4. The number of hydrogen-bond acceptors (Lipinski definition) is 5. The van der Waals surface area contributed by atoms with Gasteiger partial charge >= 0.3 is 6.36 Å². The molecule has 0 saturated heterocycles. The number of pyridine rings is 1. The van der Waals surface area contributed by atoms with Crippen LogP contribution in [0.3, 0.4) is 0 Å². The van der Waals surface area contributed by atoms with E-state index in [0.717, 1.165) is 0 Å². The van der Waals surface area contributed by atoms with Gasteiger partial charge in [-0.1, -0.05) is 12.1 Å². The van der Waals surface area contributed by atoms with E-state index in [-0.39, 0.29) is 11.7 Å². The first-order valence-electron chi connectivity index (χ1n) is 8.67. The molecule has 150 valence electrons. The van der Waals surface area contributed by atoms with Gasteiger partial charge in [-0.3, -0.25) is 9.78 Å². The zero-order valence-electron chi connectivity index (χ0n) is 14.9. The van der Waals surface area contributed by atoms with Gasteiger partial charge in [0.25, 0.3) is 5.91 Å². The van der Waals surface area contributed by atoms with Gasteiger partial charge in [-0.25, -0.2) is 0 Å². The number of carbonyl (C=O) groups is 1. The topological polar surface area (TPSA) is 60.5 Å². The molecule has 1 atom stereocenters. The number of alkyl halides is 3. The van der Waals surface area contributed by atoms with E-state index in [2.05, 4.69) is 15.0 Å². The van der Waals surface area contributed by atoms with E-state index in [4.69, 9.17) is 4.74 Å². The third-order valence-corrected chi connectivity index (χ3v) is 5.28. The van der Waals surface area contributed by atoms with Gasteiger partial charge in [-0.2, -0.15) is 11.3 Å². The molecule has 1 amide bonds. The van der Waals surface area contributed by atoms with Crippen LogP contribution < -0.4 is 14.8 Å². The molecule has 0 radical (unpaired) electrons. The maximum Gasteiger partial charge on any atom is 0.573 e. The highest BCUT2D eigenvalue weighted by Gasteiger charge is 2.42. The van der Waals surface area contributed by atoms with Crippen molar-refractivity contribution in [3.05, 3.63) is 76.2 Å². The predicted octanol–water partition coefficient (Wildman–Crippen LogP) is 4.50. The molecule has 0 fully saturated rings. The molecule has 29 heavy (non-hydrogen) atoms. The Balaban J connectivity index is 1.77. The summed E-state index contributed by atoms with van der Waals surface area (Å²) in [6.07, 6.45) is -2.83. The van der Waals surface area contributed by atoms with Gasteiger partial charge in [0.15, 0.2) is 0 Å². The van der Waals surface area contributed by atoms with Crippen molar-refractivity contribution in [2.45, 2.75) is 18.3 Å². The molecule has 0 bridgehead atoms. The quantitative estimate of drug-likeness (QED) is 0.675. The minimum atomic E-state index is -4.78. The third-order valence-electron chi connectivity index (χ3n) is 4.60. The van der Waals surface area contributed by atoms with E-state index in [1.165, 1.54) is 35.6 Å². The number of hydrogen-bond donors (Lipinski definition) is 1. The van der Waals surface area contributed by atoms with Crippen LogP contribution in [0.5, 0.6) is 11.5 Å². The Hall–Kier alpha value is -3.07. The molecule has 0 unspecified atom stereocenters. The minimum Gasteiger partial charge on any atom is -0.491 e. The molecule has 9 heteroatoms. The fourth-order valence-electron chi connectivity index (χ4n) is 3.34. The molecule has 0 aliphatic carbocycles. The van der Waals surface area contributed by atoms with Gasteiger partial charge in [-0.15, -0.1) is 13.2 Å².